The second kappa shape index (κ2) is 10.3. The van der Waals surface area contributed by atoms with Crippen molar-refractivity contribution in [2.45, 2.75) is 76.5 Å². The van der Waals surface area contributed by atoms with Crippen molar-refractivity contribution in [3.8, 4) is 5.75 Å². The maximum atomic E-state index is 12.6. The molecule has 1 aliphatic heterocycles. The molecular weight excluding hydrogens is 362 g/mol. The van der Waals surface area contributed by atoms with Crippen molar-refractivity contribution in [2.24, 2.45) is 0 Å². The number of unbranched alkanes of at least 4 members (excludes halogenated alkanes) is 3. The van der Waals surface area contributed by atoms with Gasteiger partial charge >= 0.3 is 0 Å². The Kier molecular flexibility index (Phi) is 7.26. The van der Waals surface area contributed by atoms with Gasteiger partial charge in [0.15, 0.2) is 5.43 Å². The molecule has 158 valence electrons. The average Bonchev–Trinajstić information content (AvgIpc) is 3.29. The Labute approximate surface area is 174 Å². The van der Waals surface area contributed by atoms with Gasteiger partial charge < -0.3 is 14.1 Å². The highest BCUT2D eigenvalue weighted by Gasteiger charge is 2.20. The van der Waals surface area contributed by atoms with E-state index in [1.165, 1.54) is 71.0 Å². The molecule has 1 aromatic carbocycles. The zero-order valence-electron chi connectivity index (χ0n) is 17.7. The molecule has 0 radical (unpaired) electrons. The van der Waals surface area contributed by atoms with E-state index in [4.69, 9.17) is 9.15 Å². The molecule has 0 atom stereocenters. The monoisotopic (exact) mass is 397 g/mol. The van der Waals surface area contributed by atoms with Crippen molar-refractivity contribution in [3.05, 3.63) is 40.2 Å². The van der Waals surface area contributed by atoms with E-state index in [2.05, 4.69) is 4.90 Å². The summed E-state index contributed by atoms with van der Waals surface area (Å²) in [5.41, 5.74) is 0.737. The minimum Gasteiger partial charge on any atom is -0.494 e. The Hall–Kier alpha value is -1.81. The van der Waals surface area contributed by atoms with E-state index in [1.807, 2.05) is 18.2 Å². The number of nitrogens with zero attached hydrogens (tertiary/aromatic N) is 1. The smallest absolute Gasteiger partial charge is 0.193 e. The van der Waals surface area contributed by atoms with E-state index in [0.29, 0.717) is 23.5 Å². The Morgan fingerprint density at radius 1 is 0.931 bits per heavy atom. The largest absolute Gasteiger partial charge is 0.494 e. The summed E-state index contributed by atoms with van der Waals surface area (Å²) in [6.07, 6.45) is 13.7. The minimum absolute atomic E-state index is 0.0521. The van der Waals surface area contributed by atoms with Gasteiger partial charge in [0.25, 0.3) is 0 Å². The molecule has 4 nitrogen and oxygen atoms in total. The summed E-state index contributed by atoms with van der Waals surface area (Å²) in [5, 5.41) is 0.630. The van der Waals surface area contributed by atoms with Crippen LogP contribution in [0.15, 0.2) is 33.5 Å². The predicted octanol–water partition coefficient (Wildman–Crippen LogP) is 5.88. The highest BCUT2D eigenvalue weighted by atomic mass is 16.5. The van der Waals surface area contributed by atoms with Gasteiger partial charge in [-0.05, 0) is 76.4 Å². The van der Waals surface area contributed by atoms with Crippen LogP contribution < -0.4 is 10.2 Å². The zero-order valence-corrected chi connectivity index (χ0v) is 17.7. The second-order valence-corrected chi connectivity index (χ2v) is 8.82. The number of likely N-dealkylation sites (tertiary alicyclic amines) is 1. The third kappa shape index (κ3) is 5.63. The Balaban J connectivity index is 1.22. The molecule has 2 aliphatic rings. The van der Waals surface area contributed by atoms with E-state index in [-0.39, 0.29) is 5.43 Å². The molecule has 1 saturated carbocycles. The van der Waals surface area contributed by atoms with Gasteiger partial charge in [-0.25, -0.2) is 0 Å². The summed E-state index contributed by atoms with van der Waals surface area (Å²) in [6, 6.07) is 7.36. The maximum absolute atomic E-state index is 12.6. The van der Waals surface area contributed by atoms with Gasteiger partial charge in [0, 0.05) is 12.0 Å². The molecule has 0 spiro atoms. The van der Waals surface area contributed by atoms with Gasteiger partial charge in [0.1, 0.15) is 17.1 Å². The summed E-state index contributed by atoms with van der Waals surface area (Å²) >= 11 is 0. The summed E-state index contributed by atoms with van der Waals surface area (Å²) in [4.78, 5) is 15.2. The first-order valence-corrected chi connectivity index (χ1v) is 11.7. The van der Waals surface area contributed by atoms with Crippen LogP contribution in [0.25, 0.3) is 11.0 Å². The lowest BCUT2D eigenvalue weighted by atomic mass is 10.0. The Morgan fingerprint density at radius 2 is 1.72 bits per heavy atom. The van der Waals surface area contributed by atoms with Crippen molar-refractivity contribution in [3.63, 3.8) is 0 Å². The molecule has 0 amide bonds. The quantitative estimate of drug-likeness (QED) is 0.496. The minimum atomic E-state index is 0.0521. The van der Waals surface area contributed by atoms with Crippen LogP contribution in [0.5, 0.6) is 5.75 Å². The third-order valence-electron chi connectivity index (χ3n) is 6.56. The normalized spacial score (nSPS) is 18.5. The first kappa shape index (κ1) is 20.5. The van der Waals surface area contributed by atoms with Gasteiger partial charge in [-0.2, -0.15) is 0 Å². The summed E-state index contributed by atoms with van der Waals surface area (Å²) < 4.78 is 11.9. The summed E-state index contributed by atoms with van der Waals surface area (Å²) in [6.45, 7) is 4.55. The fourth-order valence-corrected chi connectivity index (χ4v) is 4.82. The number of fused-ring (bicyclic) bond motifs is 1. The van der Waals surface area contributed by atoms with Crippen molar-refractivity contribution in [1.29, 1.82) is 0 Å². The highest BCUT2D eigenvalue weighted by Crippen LogP contribution is 2.34. The molecule has 0 bridgehead atoms. The van der Waals surface area contributed by atoms with E-state index in [9.17, 15) is 4.79 Å². The number of piperidine rings is 1. The number of ether oxygens (including phenoxy) is 1. The van der Waals surface area contributed by atoms with Crippen LogP contribution in [0.2, 0.25) is 0 Å². The van der Waals surface area contributed by atoms with E-state index in [0.717, 1.165) is 30.8 Å². The average molecular weight is 398 g/mol. The van der Waals surface area contributed by atoms with Crippen LogP contribution in [0.3, 0.4) is 0 Å². The topological polar surface area (TPSA) is 42.7 Å². The molecule has 2 fully saturated rings. The molecule has 29 heavy (non-hydrogen) atoms. The predicted molar refractivity (Wildman–Crippen MR) is 118 cm³/mol. The number of benzene rings is 1. The SMILES string of the molecule is O=c1cc(C2CCCC2)oc2ccc(OCCCCCCN3CCCCC3)cc12. The fraction of sp³-hybridized carbons (Fsp3) is 0.640. The first-order chi connectivity index (χ1) is 14.3. The van der Waals surface area contributed by atoms with Crippen molar-refractivity contribution in [2.75, 3.05) is 26.2 Å². The molecular formula is C25H35NO3. The number of rotatable bonds is 9. The fourth-order valence-electron chi connectivity index (χ4n) is 4.82. The van der Waals surface area contributed by atoms with Crippen LogP contribution in [0.1, 0.15) is 82.3 Å². The molecule has 2 heterocycles. The zero-order chi connectivity index (χ0) is 19.9. The molecule has 0 N–H and O–H groups in total. The Morgan fingerprint density at radius 3 is 2.55 bits per heavy atom. The third-order valence-corrected chi connectivity index (χ3v) is 6.56. The molecule has 0 unspecified atom stereocenters. The number of hydrogen-bond acceptors (Lipinski definition) is 4. The van der Waals surface area contributed by atoms with Gasteiger partial charge in [0.2, 0.25) is 0 Å². The molecule has 4 rings (SSSR count). The molecule has 1 aromatic heterocycles. The van der Waals surface area contributed by atoms with Gasteiger partial charge in [-0.3, -0.25) is 4.79 Å². The van der Waals surface area contributed by atoms with Crippen LogP contribution in [-0.2, 0) is 0 Å². The van der Waals surface area contributed by atoms with Gasteiger partial charge in [-0.15, -0.1) is 0 Å². The van der Waals surface area contributed by atoms with E-state index >= 15 is 0 Å². The van der Waals surface area contributed by atoms with Gasteiger partial charge in [-0.1, -0.05) is 32.1 Å². The lowest BCUT2D eigenvalue weighted by Crippen LogP contribution is -2.30. The summed E-state index contributed by atoms with van der Waals surface area (Å²) in [5.74, 6) is 2.04. The molecule has 2 aromatic rings. The van der Waals surface area contributed by atoms with Crippen LogP contribution in [0, 0.1) is 0 Å². The van der Waals surface area contributed by atoms with Crippen LogP contribution >= 0.6 is 0 Å². The van der Waals surface area contributed by atoms with Gasteiger partial charge in [0.05, 0.1) is 12.0 Å². The highest BCUT2D eigenvalue weighted by molar-refractivity contribution is 5.78. The maximum Gasteiger partial charge on any atom is 0.193 e. The molecule has 4 heteroatoms. The standard InChI is InChI=1S/C25H35NO3/c27-23-19-25(20-10-4-5-11-20)29-24-13-12-21(18-22(23)24)28-17-9-2-1-6-14-26-15-7-3-8-16-26/h12-13,18-20H,1-11,14-17H2. The number of hydrogen-bond donors (Lipinski definition) is 0. The Bertz CT molecular complexity index is 832. The van der Waals surface area contributed by atoms with E-state index < -0.39 is 0 Å². The van der Waals surface area contributed by atoms with Crippen LogP contribution in [-0.4, -0.2) is 31.1 Å². The second-order valence-electron chi connectivity index (χ2n) is 8.82. The van der Waals surface area contributed by atoms with Crippen LogP contribution in [0.4, 0.5) is 0 Å². The molecule has 1 saturated heterocycles. The van der Waals surface area contributed by atoms with Crippen molar-refractivity contribution < 1.29 is 9.15 Å². The van der Waals surface area contributed by atoms with E-state index in [1.54, 1.807) is 6.07 Å². The lowest BCUT2D eigenvalue weighted by Gasteiger charge is -2.26. The first-order valence-electron chi connectivity index (χ1n) is 11.7. The summed E-state index contributed by atoms with van der Waals surface area (Å²) in [7, 11) is 0. The molecule has 1 aliphatic carbocycles. The van der Waals surface area contributed by atoms with Crippen molar-refractivity contribution >= 4 is 11.0 Å². The van der Waals surface area contributed by atoms with Crippen molar-refractivity contribution in [1.82, 2.24) is 4.90 Å². The lowest BCUT2D eigenvalue weighted by molar-refractivity contribution is 0.223.